The first kappa shape index (κ1) is 18.7. The first-order chi connectivity index (χ1) is 11.5. The molecule has 0 amide bonds. The zero-order valence-corrected chi connectivity index (χ0v) is 14.8. The molecule has 0 spiro atoms. The second-order valence-corrected chi connectivity index (χ2v) is 8.36. The van der Waals surface area contributed by atoms with Crippen molar-refractivity contribution in [1.29, 1.82) is 0 Å². The van der Waals surface area contributed by atoms with Gasteiger partial charge in [0.1, 0.15) is 5.83 Å². The molecule has 128 valence electrons. The molecule has 2 N–H and O–H groups in total. The van der Waals surface area contributed by atoms with Gasteiger partial charge in [0.05, 0.1) is 10.6 Å². The minimum Gasteiger partial charge on any atom is -0.327 e. The first-order valence-corrected chi connectivity index (χ1v) is 10.2. The van der Waals surface area contributed by atoms with Gasteiger partial charge in [-0.25, -0.2) is 12.8 Å². The summed E-state index contributed by atoms with van der Waals surface area (Å²) >= 11 is 1.30. The molecule has 0 saturated carbocycles. The molecule has 0 unspecified atom stereocenters. The third-order valence-corrected chi connectivity index (χ3v) is 6.16. The largest absolute Gasteiger partial charge is 0.327 e. The van der Waals surface area contributed by atoms with E-state index in [1.165, 1.54) is 17.8 Å². The summed E-state index contributed by atoms with van der Waals surface area (Å²) in [7, 11) is -3.33. The maximum atomic E-state index is 13.3. The van der Waals surface area contributed by atoms with E-state index in [4.69, 9.17) is 5.73 Å². The molecule has 24 heavy (non-hydrogen) atoms. The second kappa shape index (κ2) is 9.01. The number of hydrogen-bond donors (Lipinski definition) is 1. The van der Waals surface area contributed by atoms with Crippen LogP contribution in [-0.4, -0.2) is 26.5 Å². The van der Waals surface area contributed by atoms with Crippen LogP contribution in [0.3, 0.4) is 0 Å². The van der Waals surface area contributed by atoms with E-state index in [2.05, 4.69) is 0 Å². The van der Waals surface area contributed by atoms with E-state index < -0.39 is 9.84 Å². The van der Waals surface area contributed by atoms with Gasteiger partial charge in [0.25, 0.3) is 0 Å². The zero-order valence-electron chi connectivity index (χ0n) is 13.2. The normalized spacial score (nSPS) is 12.3. The molecule has 0 saturated heterocycles. The van der Waals surface area contributed by atoms with Crippen LogP contribution in [0.2, 0.25) is 0 Å². The van der Waals surface area contributed by atoms with Gasteiger partial charge in [-0.1, -0.05) is 30.3 Å². The Balaban J connectivity index is 1.97. The number of aryl methyl sites for hydroxylation is 1. The van der Waals surface area contributed by atoms with E-state index in [1.54, 1.807) is 24.3 Å². The van der Waals surface area contributed by atoms with Crippen LogP contribution in [-0.2, 0) is 16.3 Å². The van der Waals surface area contributed by atoms with Crippen LogP contribution in [0.5, 0.6) is 0 Å². The van der Waals surface area contributed by atoms with Crippen LogP contribution < -0.4 is 5.73 Å². The van der Waals surface area contributed by atoms with Crippen molar-refractivity contribution >= 4 is 21.6 Å². The summed E-state index contributed by atoms with van der Waals surface area (Å²) in [6.45, 7) is 0.172. The molecule has 0 aliphatic rings. The number of benzene rings is 2. The number of rotatable bonds is 8. The molecule has 0 bridgehead atoms. The molecule has 2 aromatic carbocycles. The maximum Gasteiger partial charge on any atom is 0.178 e. The van der Waals surface area contributed by atoms with E-state index in [1.807, 2.05) is 30.3 Å². The number of sulfone groups is 1. The van der Waals surface area contributed by atoms with Crippen LogP contribution in [0, 0.1) is 0 Å². The summed E-state index contributed by atoms with van der Waals surface area (Å²) in [5.41, 5.74) is 6.24. The minimum atomic E-state index is -3.33. The lowest BCUT2D eigenvalue weighted by Gasteiger charge is -2.06. The van der Waals surface area contributed by atoms with Crippen LogP contribution in [0.25, 0.3) is 0 Å². The van der Waals surface area contributed by atoms with Gasteiger partial charge in [-0.3, -0.25) is 0 Å². The third kappa shape index (κ3) is 5.78. The Morgan fingerprint density at radius 1 is 1.08 bits per heavy atom. The summed E-state index contributed by atoms with van der Waals surface area (Å²) in [6.07, 6.45) is 1.81. The highest BCUT2D eigenvalue weighted by Crippen LogP contribution is 2.23. The Bertz CT molecular complexity index is 772. The van der Waals surface area contributed by atoms with E-state index in [9.17, 15) is 12.8 Å². The fourth-order valence-corrected chi connectivity index (χ4v) is 4.14. The van der Waals surface area contributed by atoms with E-state index in [0.29, 0.717) is 11.3 Å². The van der Waals surface area contributed by atoms with Crippen molar-refractivity contribution in [3.63, 3.8) is 0 Å². The van der Waals surface area contributed by atoms with Gasteiger partial charge in [-0.2, -0.15) is 0 Å². The second-order valence-electron chi connectivity index (χ2n) is 5.20. The topological polar surface area (TPSA) is 60.2 Å². The van der Waals surface area contributed by atoms with Crippen LogP contribution in [0.1, 0.15) is 5.56 Å². The smallest absolute Gasteiger partial charge is 0.178 e. The molecule has 3 nitrogen and oxygen atoms in total. The number of hydrogen-bond acceptors (Lipinski definition) is 4. The van der Waals surface area contributed by atoms with Crippen LogP contribution in [0.15, 0.2) is 76.3 Å². The van der Waals surface area contributed by atoms with Crippen molar-refractivity contribution in [2.45, 2.75) is 16.2 Å². The molecular formula is C18H20FNO2S2. The van der Waals surface area contributed by atoms with Gasteiger partial charge in [0.15, 0.2) is 9.84 Å². The van der Waals surface area contributed by atoms with Gasteiger partial charge in [0.2, 0.25) is 0 Å². The first-order valence-electron chi connectivity index (χ1n) is 7.55. The van der Waals surface area contributed by atoms with Crippen molar-refractivity contribution in [2.75, 3.05) is 18.1 Å². The van der Waals surface area contributed by atoms with Crippen molar-refractivity contribution in [1.82, 2.24) is 0 Å². The predicted molar refractivity (Wildman–Crippen MR) is 97.6 cm³/mol. The molecule has 2 rings (SSSR count). The monoisotopic (exact) mass is 365 g/mol. The van der Waals surface area contributed by atoms with Crippen molar-refractivity contribution in [3.8, 4) is 0 Å². The summed E-state index contributed by atoms with van der Waals surface area (Å²) < 4.78 is 38.0. The van der Waals surface area contributed by atoms with Gasteiger partial charge >= 0.3 is 0 Å². The molecule has 0 aliphatic heterocycles. The average molecular weight is 365 g/mol. The molecule has 6 heteroatoms. The fraction of sp³-hybridized carbons (Fsp3) is 0.222. The number of thioether (sulfide) groups is 1. The summed E-state index contributed by atoms with van der Waals surface area (Å²) in [5, 5.41) is 0. The van der Waals surface area contributed by atoms with Gasteiger partial charge < -0.3 is 5.73 Å². The van der Waals surface area contributed by atoms with Gasteiger partial charge in [-0.05, 0) is 42.3 Å². The zero-order chi connectivity index (χ0) is 17.4. The third-order valence-electron chi connectivity index (χ3n) is 3.40. The fourth-order valence-electron chi connectivity index (χ4n) is 2.10. The lowest BCUT2D eigenvalue weighted by molar-refractivity contribution is 0.595. The molecular weight excluding hydrogens is 345 g/mol. The average Bonchev–Trinajstić information content (AvgIpc) is 2.60. The van der Waals surface area contributed by atoms with Crippen molar-refractivity contribution in [2.24, 2.45) is 5.73 Å². The van der Waals surface area contributed by atoms with E-state index in [0.717, 1.165) is 10.5 Å². The van der Waals surface area contributed by atoms with Gasteiger partial charge in [-0.15, -0.1) is 11.8 Å². The highest BCUT2D eigenvalue weighted by atomic mass is 32.2. The molecule has 0 heterocycles. The maximum absolute atomic E-state index is 13.3. The van der Waals surface area contributed by atoms with E-state index >= 15 is 0 Å². The minimum absolute atomic E-state index is 0.0668. The molecule has 2 aromatic rings. The standard InChI is InChI=1S/C18H20FNO2S2/c19-16(10-12-20)14-23-17-6-8-18(9-7-17)24(21,22)13-11-15-4-2-1-3-5-15/h1-10H,11-14,20H2. The lowest BCUT2D eigenvalue weighted by Crippen LogP contribution is -2.09. The molecule has 0 aliphatic carbocycles. The Morgan fingerprint density at radius 3 is 2.38 bits per heavy atom. The van der Waals surface area contributed by atoms with Crippen molar-refractivity contribution < 1.29 is 12.8 Å². The summed E-state index contributed by atoms with van der Waals surface area (Å²) in [6, 6.07) is 16.1. The molecule has 0 radical (unpaired) electrons. The Kier molecular flexibility index (Phi) is 7.02. The molecule has 0 atom stereocenters. The highest BCUT2D eigenvalue weighted by molar-refractivity contribution is 7.99. The number of halogens is 1. The SMILES string of the molecule is NCC=C(F)CSc1ccc(S(=O)(=O)CCc2ccccc2)cc1. The van der Waals surface area contributed by atoms with Gasteiger partial charge in [0, 0.05) is 17.2 Å². The van der Waals surface area contributed by atoms with Crippen LogP contribution >= 0.6 is 11.8 Å². The Labute approximate surface area is 146 Å². The quantitative estimate of drug-likeness (QED) is 0.726. The highest BCUT2D eigenvalue weighted by Gasteiger charge is 2.14. The van der Waals surface area contributed by atoms with E-state index in [-0.39, 0.29) is 23.9 Å². The summed E-state index contributed by atoms with van der Waals surface area (Å²) in [4.78, 5) is 1.11. The molecule has 0 fully saturated rings. The molecule has 0 aromatic heterocycles. The Hall–Kier alpha value is -1.63. The lowest BCUT2D eigenvalue weighted by atomic mass is 10.2. The Morgan fingerprint density at radius 2 is 1.75 bits per heavy atom. The predicted octanol–water partition coefficient (Wildman–Crippen LogP) is 3.61. The van der Waals surface area contributed by atoms with Crippen LogP contribution in [0.4, 0.5) is 4.39 Å². The number of nitrogens with two attached hydrogens (primary N) is 1. The summed E-state index contributed by atoms with van der Waals surface area (Å²) in [5.74, 6) is -0.0173. The van der Waals surface area contributed by atoms with Crippen molar-refractivity contribution in [3.05, 3.63) is 72.1 Å².